The van der Waals surface area contributed by atoms with E-state index in [1.165, 1.54) is 12.1 Å². The van der Waals surface area contributed by atoms with Crippen LogP contribution in [0.4, 0.5) is 28.9 Å². The highest BCUT2D eigenvalue weighted by molar-refractivity contribution is 7.22. The Labute approximate surface area is 289 Å². The largest absolute Gasteiger partial charge is 0.461 e. The average molecular weight is 717 g/mol. The maximum absolute atomic E-state index is 17.0. The standard InChI is InChI=1S/C34H36ClF3N6O4S/c1-33(2,3)48-32(45)42-31-40-27-20(7-8-23(37)28(27)49-31)24-22(35)11-21-26(25(24)38)39-30(41-29(21)43-14-18-5-6-19(15-43)47-18)46-16-34-9-4-10-44(34)13-17(36)12-34/h7-8,11,17-19H,4-6,9-10,12-16H2,1-3H3,(H,40,42,45)/t17-,18?,19?,34+/m1/s1. The average Bonchev–Trinajstić information content (AvgIpc) is 3.78. The fourth-order valence-electron chi connectivity index (χ4n) is 7.77. The van der Waals surface area contributed by atoms with Crippen molar-refractivity contribution in [3.05, 3.63) is 34.9 Å². The Morgan fingerprint density at radius 1 is 1.14 bits per heavy atom. The molecular weight excluding hydrogens is 681 g/mol. The molecule has 4 aromatic rings. The minimum Gasteiger partial charge on any atom is -0.461 e. The minimum absolute atomic E-state index is 0.0150. The number of morpholine rings is 1. The first-order chi connectivity index (χ1) is 23.4. The number of anilines is 2. The molecule has 1 amide bonds. The monoisotopic (exact) mass is 716 g/mol. The fourth-order valence-corrected chi connectivity index (χ4v) is 8.95. The number of aromatic nitrogens is 3. The van der Waals surface area contributed by atoms with Crippen molar-refractivity contribution in [2.45, 2.75) is 82.4 Å². The van der Waals surface area contributed by atoms with Crippen molar-refractivity contribution >= 4 is 61.1 Å². The van der Waals surface area contributed by atoms with E-state index in [0.717, 1.165) is 43.6 Å². The highest BCUT2D eigenvalue weighted by Gasteiger charge is 2.49. The lowest BCUT2D eigenvalue weighted by Gasteiger charge is -2.34. The molecule has 49 heavy (non-hydrogen) atoms. The van der Waals surface area contributed by atoms with Crippen LogP contribution < -0.4 is 15.0 Å². The summed E-state index contributed by atoms with van der Waals surface area (Å²) in [5, 5.41) is 3.08. The van der Waals surface area contributed by atoms with E-state index in [4.69, 9.17) is 30.8 Å². The van der Waals surface area contributed by atoms with Crippen molar-refractivity contribution < 1.29 is 32.2 Å². The lowest BCUT2D eigenvalue weighted by Crippen LogP contribution is -2.44. The molecule has 0 aliphatic carbocycles. The fraction of sp³-hybridized carbons (Fsp3) is 0.529. The van der Waals surface area contributed by atoms with Gasteiger partial charge in [0.25, 0.3) is 0 Å². The van der Waals surface area contributed by atoms with Crippen LogP contribution in [0.1, 0.15) is 52.9 Å². The number of amides is 1. The molecule has 2 aromatic heterocycles. The first-order valence-corrected chi connectivity index (χ1v) is 17.8. The normalized spacial score (nSPS) is 25.4. The van der Waals surface area contributed by atoms with Gasteiger partial charge in [-0.25, -0.2) is 22.9 Å². The molecule has 10 nitrogen and oxygen atoms in total. The van der Waals surface area contributed by atoms with Crippen LogP contribution in [0.15, 0.2) is 18.2 Å². The molecule has 2 aromatic carbocycles. The maximum Gasteiger partial charge on any atom is 0.413 e. The van der Waals surface area contributed by atoms with Crippen LogP contribution in [-0.2, 0) is 9.47 Å². The van der Waals surface area contributed by atoms with Gasteiger partial charge in [0.1, 0.15) is 35.5 Å². The van der Waals surface area contributed by atoms with Gasteiger partial charge in [0.2, 0.25) is 0 Å². The number of carbonyl (C=O) groups excluding carboxylic acids is 1. The first kappa shape index (κ1) is 32.7. The Morgan fingerprint density at radius 2 is 1.92 bits per heavy atom. The summed E-state index contributed by atoms with van der Waals surface area (Å²) >= 11 is 7.77. The molecule has 6 heterocycles. The molecule has 15 heteroatoms. The van der Waals surface area contributed by atoms with Gasteiger partial charge in [0, 0.05) is 42.6 Å². The number of hydrogen-bond donors (Lipinski definition) is 1. The number of nitrogens with one attached hydrogen (secondary N) is 1. The second kappa shape index (κ2) is 12.1. The van der Waals surface area contributed by atoms with Crippen LogP contribution in [-0.4, -0.2) is 88.3 Å². The molecule has 4 aliphatic heterocycles. The predicted octanol–water partition coefficient (Wildman–Crippen LogP) is 7.51. The highest BCUT2D eigenvalue weighted by atomic mass is 35.5. The van der Waals surface area contributed by atoms with Crippen LogP contribution in [0.5, 0.6) is 6.01 Å². The Balaban J connectivity index is 1.22. The third-order valence-corrected chi connectivity index (χ3v) is 11.1. The zero-order valence-corrected chi connectivity index (χ0v) is 28.9. The summed E-state index contributed by atoms with van der Waals surface area (Å²) in [6, 6.07) is 4.22. The molecule has 0 saturated carbocycles. The topological polar surface area (TPSA) is 102 Å². The molecule has 1 N–H and O–H groups in total. The number of carbonyl (C=O) groups is 1. The molecule has 8 rings (SSSR count). The summed E-state index contributed by atoms with van der Waals surface area (Å²) in [5.74, 6) is -0.860. The molecule has 4 aliphatic rings. The smallest absolute Gasteiger partial charge is 0.413 e. The van der Waals surface area contributed by atoms with Gasteiger partial charge in [-0.3, -0.25) is 10.2 Å². The Kier molecular flexibility index (Phi) is 8.08. The highest BCUT2D eigenvalue weighted by Crippen LogP contribution is 2.45. The van der Waals surface area contributed by atoms with E-state index in [-0.39, 0.29) is 61.8 Å². The molecule has 0 spiro atoms. The zero-order valence-electron chi connectivity index (χ0n) is 27.3. The number of nitrogens with zero attached hydrogens (tertiary/aromatic N) is 5. The van der Waals surface area contributed by atoms with E-state index < -0.39 is 35.0 Å². The van der Waals surface area contributed by atoms with Crippen LogP contribution in [0, 0.1) is 11.6 Å². The third kappa shape index (κ3) is 6.04. The van der Waals surface area contributed by atoms with E-state index in [0.29, 0.717) is 37.3 Å². The van der Waals surface area contributed by atoms with Crippen LogP contribution in [0.2, 0.25) is 5.02 Å². The van der Waals surface area contributed by atoms with Crippen molar-refractivity contribution in [2.75, 3.05) is 43.0 Å². The number of benzene rings is 2. The predicted molar refractivity (Wildman–Crippen MR) is 182 cm³/mol. The summed E-state index contributed by atoms with van der Waals surface area (Å²) in [5.41, 5.74) is -0.909. The molecule has 4 saturated heterocycles. The summed E-state index contributed by atoms with van der Waals surface area (Å²) in [6.45, 7) is 7.65. The molecule has 260 valence electrons. The number of ether oxygens (including phenoxy) is 3. The van der Waals surface area contributed by atoms with E-state index in [1.807, 2.05) is 0 Å². The van der Waals surface area contributed by atoms with Gasteiger partial charge in [-0.1, -0.05) is 22.9 Å². The van der Waals surface area contributed by atoms with Crippen molar-refractivity contribution in [2.24, 2.45) is 0 Å². The molecule has 0 radical (unpaired) electrons. The van der Waals surface area contributed by atoms with Gasteiger partial charge in [-0.2, -0.15) is 9.97 Å². The minimum atomic E-state index is -0.930. The Hall–Kier alpha value is -3.46. The van der Waals surface area contributed by atoms with E-state index >= 15 is 8.78 Å². The lowest BCUT2D eigenvalue weighted by molar-refractivity contribution is 0.0302. The Morgan fingerprint density at radius 3 is 2.67 bits per heavy atom. The van der Waals surface area contributed by atoms with Crippen LogP contribution in [0.3, 0.4) is 0 Å². The number of fused-ring (bicyclic) bond motifs is 5. The van der Waals surface area contributed by atoms with Gasteiger partial charge < -0.3 is 19.1 Å². The van der Waals surface area contributed by atoms with E-state index in [2.05, 4.69) is 25.1 Å². The van der Waals surface area contributed by atoms with Crippen molar-refractivity contribution in [1.82, 2.24) is 19.9 Å². The Bertz CT molecular complexity index is 1960. The number of hydrogen-bond acceptors (Lipinski definition) is 10. The summed E-state index contributed by atoms with van der Waals surface area (Å²) in [4.78, 5) is 30.5. The molecular formula is C34H36ClF3N6O4S. The number of alkyl halides is 1. The van der Waals surface area contributed by atoms with Gasteiger partial charge in [0.05, 0.1) is 33.0 Å². The maximum atomic E-state index is 17.0. The van der Waals surface area contributed by atoms with Gasteiger partial charge in [-0.05, 0) is 71.2 Å². The third-order valence-electron chi connectivity index (χ3n) is 9.79. The van der Waals surface area contributed by atoms with Crippen molar-refractivity contribution in [3.8, 4) is 17.1 Å². The van der Waals surface area contributed by atoms with Crippen LogP contribution in [0.25, 0.3) is 32.2 Å². The number of thiazole rings is 1. The summed E-state index contributed by atoms with van der Waals surface area (Å²) in [6.07, 6.45) is 2.34. The molecule has 2 unspecified atom stereocenters. The van der Waals surface area contributed by atoms with E-state index in [9.17, 15) is 9.18 Å². The van der Waals surface area contributed by atoms with Crippen LogP contribution >= 0.6 is 22.9 Å². The zero-order chi connectivity index (χ0) is 34.2. The molecule has 4 atom stereocenters. The van der Waals surface area contributed by atoms with Gasteiger partial charge in [-0.15, -0.1) is 0 Å². The summed E-state index contributed by atoms with van der Waals surface area (Å²) < 4.78 is 64.3. The number of rotatable bonds is 6. The summed E-state index contributed by atoms with van der Waals surface area (Å²) in [7, 11) is 0. The molecule has 2 bridgehead atoms. The van der Waals surface area contributed by atoms with Crippen molar-refractivity contribution in [1.29, 1.82) is 0 Å². The van der Waals surface area contributed by atoms with Gasteiger partial charge in [0.15, 0.2) is 10.9 Å². The van der Waals surface area contributed by atoms with Crippen molar-refractivity contribution in [3.63, 3.8) is 0 Å². The lowest BCUT2D eigenvalue weighted by atomic mass is 9.95. The quantitative estimate of drug-likeness (QED) is 0.217. The number of halogens is 4. The molecule has 4 fully saturated rings. The van der Waals surface area contributed by atoms with E-state index in [1.54, 1.807) is 26.8 Å². The second-order valence-corrected chi connectivity index (χ2v) is 15.8. The first-order valence-electron chi connectivity index (χ1n) is 16.6. The second-order valence-electron chi connectivity index (χ2n) is 14.4. The SMILES string of the molecule is CC(C)(C)OC(=O)Nc1nc2c(-c3c(Cl)cc4c(N5CC6CCC(C5)O6)nc(OC[C@@]56CCCN5C[C@H](F)C6)nc4c3F)ccc(F)c2s1. The van der Waals surface area contributed by atoms with Gasteiger partial charge >= 0.3 is 12.1 Å².